The third-order valence-corrected chi connectivity index (χ3v) is 5.10. The Kier molecular flexibility index (Phi) is 4.39. The molecule has 3 nitrogen and oxygen atoms in total. The fourth-order valence-electron chi connectivity index (χ4n) is 3.94. The molecule has 0 amide bonds. The minimum absolute atomic E-state index is 0.141. The summed E-state index contributed by atoms with van der Waals surface area (Å²) in [6, 6.07) is 5.83. The number of pyridine rings is 1. The highest BCUT2D eigenvalue weighted by Crippen LogP contribution is 2.45. The molecule has 2 fully saturated rings. The number of ketones is 1. The van der Waals surface area contributed by atoms with E-state index in [2.05, 4.69) is 9.88 Å². The van der Waals surface area contributed by atoms with E-state index in [4.69, 9.17) is 0 Å². The van der Waals surface area contributed by atoms with Crippen LogP contribution in [0.25, 0.3) is 0 Å². The third kappa shape index (κ3) is 3.34. The van der Waals surface area contributed by atoms with E-state index in [0.29, 0.717) is 17.5 Å². The van der Waals surface area contributed by atoms with E-state index >= 15 is 0 Å². The predicted octanol–water partition coefficient (Wildman–Crippen LogP) is 3.48. The van der Waals surface area contributed by atoms with Crippen molar-refractivity contribution < 1.29 is 4.79 Å². The number of nitrogens with zero attached hydrogens (tertiary/aromatic N) is 2. The van der Waals surface area contributed by atoms with E-state index in [9.17, 15) is 4.79 Å². The van der Waals surface area contributed by atoms with E-state index in [1.807, 2.05) is 25.1 Å². The highest BCUT2D eigenvalue weighted by atomic mass is 16.1. The minimum atomic E-state index is 0.141. The molecule has 2 heterocycles. The largest absolute Gasteiger partial charge is 0.302 e. The van der Waals surface area contributed by atoms with Gasteiger partial charge in [0.1, 0.15) is 5.69 Å². The summed E-state index contributed by atoms with van der Waals surface area (Å²) in [5.41, 5.74) is 2.39. The van der Waals surface area contributed by atoms with Crippen LogP contribution >= 0.6 is 0 Å². The first-order valence-electron chi connectivity index (χ1n) is 8.42. The van der Waals surface area contributed by atoms with E-state index in [-0.39, 0.29) is 5.78 Å². The number of rotatable bonds is 6. The minimum Gasteiger partial charge on any atom is -0.302 e. The van der Waals surface area contributed by atoms with Gasteiger partial charge < -0.3 is 4.90 Å². The SMILES string of the molecule is CCC(=O)c1cccc(CCCN2CC3(CCCC3)C2)n1. The van der Waals surface area contributed by atoms with Crippen LogP contribution in [0.4, 0.5) is 0 Å². The molecule has 1 aliphatic heterocycles. The van der Waals surface area contributed by atoms with Crippen LogP contribution in [0.2, 0.25) is 0 Å². The molecule has 1 spiro atoms. The van der Waals surface area contributed by atoms with Crippen molar-refractivity contribution in [2.75, 3.05) is 19.6 Å². The van der Waals surface area contributed by atoms with Crippen LogP contribution in [0.5, 0.6) is 0 Å². The molecular weight excluding hydrogens is 260 g/mol. The first kappa shape index (κ1) is 14.7. The molecule has 0 radical (unpaired) electrons. The van der Waals surface area contributed by atoms with Gasteiger partial charge in [-0.25, -0.2) is 4.98 Å². The molecule has 3 heteroatoms. The Balaban J connectivity index is 1.43. The number of aryl methyl sites for hydroxylation is 1. The van der Waals surface area contributed by atoms with Crippen molar-refractivity contribution in [1.82, 2.24) is 9.88 Å². The lowest BCUT2D eigenvalue weighted by molar-refractivity contribution is 0.00569. The summed E-state index contributed by atoms with van der Waals surface area (Å²) >= 11 is 0. The summed E-state index contributed by atoms with van der Waals surface area (Å²) < 4.78 is 0. The normalized spacial score (nSPS) is 20.6. The van der Waals surface area contributed by atoms with Crippen LogP contribution in [0.1, 0.15) is 61.6 Å². The summed E-state index contributed by atoms with van der Waals surface area (Å²) in [4.78, 5) is 18.8. The van der Waals surface area contributed by atoms with Gasteiger partial charge in [0.15, 0.2) is 5.78 Å². The van der Waals surface area contributed by atoms with Crippen molar-refractivity contribution in [2.45, 2.75) is 51.9 Å². The molecule has 2 aliphatic rings. The van der Waals surface area contributed by atoms with Crippen LogP contribution in [0.3, 0.4) is 0 Å². The van der Waals surface area contributed by atoms with Gasteiger partial charge >= 0.3 is 0 Å². The zero-order valence-electron chi connectivity index (χ0n) is 13.1. The number of carbonyl (C=O) groups is 1. The quantitative estimate of drug-likeness (QED) is 0.751. The summed E-state index contributed by atoms with van der Waals surface area (Å²) in [5, 5.41) is 0. The number of aromatic nitrogens is 1. The molecule has 0 atom stereocenters. The highest BCUT2D eigenvalue weighted by molar-refractivity contribution is 5.93. The Morgan fingerprint density at radius 3 is 2.76 bits per heavy atom. The topological polar surface area (TPSA) is 33.2 Å². The Bertz CT molecular complexity index is 498. The van der Waals surface area contributed by atoms with Crippen LogP contribution in [-0.4, -0.2) is 35.3 Å². The second kappa shape index (κ2) is 6.27. The van der Waals surface area contributed by atoms with Gasteiger partial charge in [0, 0.05) is 25.2 Å². The Morgan fingerprint density at radius 1 is 1.29 bits per heavy atom. The van der Waals surface area contributed by atoms with Crippen LogP contribution in [-0.2, 0) is 6.42 Å². The van der Waals surface area contributed by atoms with E-state index in [1.54, 1.807) is 0 Å². The van der Waals surface area contributed by atoms with Crippen molar-refractivity contribution in [3.63, 3.8) is 0 Å². The van der Waals surface area contributed by atoms with Gasteiger partial charge in [-0.1, -0.05) is 25.8 Å². The smallest absolute Gasteiger partial charge is 0.180 e. The summed E-state index contributed by atoms with van der Waals surface area (Å²) in [7, 11) is 0. The molecule has 3 rings (SSSR count). The average Bonchev–Trinajstić information content (AvgIpc) is 2.96. The Morgan fingerprint density at radius 2 is 2.05 bits per heavy atom. The maximum Gasteiger partial charge on any atom is 0.180 e. The lowest BCUT2D eigenvalue weighted by Gasteiger charge is -2.48. The molecule has 1 aromatic heterocycles. The van der Waals surface area contributed by atoms with Crippen molar-refractivity contribution in [1.29, 1.82) is 0 Å². The Hall–Kier alpha value is -1.22. The van der Waals surface area contributed by atoms with Crippen molar-refractivity contribution in [3.05, 3.63) is 29.6 Å². The maximum atomic E-state index is 11.7. The monoisotopic (exact) mass is 286 g/mol. The number of hydrogen-bond donors (Lipinski definition) is 0. The molecule has 21 heavy (non-hydrogen) atoms. The summed E-state index contributed by atoms with van der Waals surface area (Å²) in [6.45, 7) is 5.69. The zero-order valence-corrected chi connectivity index (χ0v) is 13.1. The van der Waals surface area contributed by atoms with Crippen molar-refractivity contribution in [3.8, 4) is 0 Å². The lowest BCUT2D eigenvalue weighted by atomic mass is 9.78. The van der Waals surface area contributed by atoms with Crippen molar-refractivity contribution in [2.24, 2.45) is 5.41 Å². The number of Topliss-reactive ketones (excluding diaryl/α,β-unsaturated/α-hetero) is 1. The van der Waals surface area contributed by atoms with Crippen LogP contribution in [0.15, 0.2) is 18.2 Å². The Labute approximate surface area is 127 Å². The molecule has 0 N–H and O–H groups in total. The first-order valence-corrected chi connectivity index (χ1v) is 8.42. The van der Waals surface area contributed by atoms with Gasteiger partial charge in [0.25, 0.3) is 0 Å². The van der Waals surface area contributed by atoms with Crippen LogP contribution in [0, 0.1) is 5.41 Å². The number of carbonyl (C=O) groups excluding carboxylic acids is 1. The second-order valence-electron chi connectivity index (χ2n) is 6.81. The van der Waals surface area contributed by atoms with Crippen LogP contribution < -0.4 is 0 Å². The second-order valence-corrected chi connectivity index (χ2v) is 6.81. The highest BCUT2D eigenvalue weighted by Gasteiger charge is 2.43. The standard InChI is InChI=1S/C18H26N2O/c1-2-17(21)16-9-5-7-15(19-16)8-6-12-20-13-18(14-20)10-3-4-11-18/h5,7,9H,2-4,6,8,10-14H2,1H3. The maximum absolute atomic E-state index is 11.7. The molecular formula is C18H26N2O. The van der Waals surface area contributed by atoms with Crippen molar-refractivity contribution >= 4 is 5.78 Å². The number of hydrogen-bond acceptors (Lipinski definition) is 3. The molecule has 1 aliphatic carbocycles. The summed E-state index contributed by atoms with van der Waals surface area (Å²) in [6.07, 6.45) is 8.44. The molecule has 0 bridgehead atoms. The van der Waals surface area contributed by atoms with Gasteiger partial charge in [-0.15, -0.1) is 0 Å². The molecule has 1 aromatic rings. The summed E-state index contributed by atoms with van der Waals surface area (Å²) in [5.74, 6) is 0.141. The van der Waals surface area contributed by atoms with Gasteiger partial charge in [-0.05, 0) is 49.8 Å². The fourth-order valence-corrected chi connectivity index (χ4v) is 3.94. The van der Waals surface area contributed by atoms with E-state index in [1.165, 1.54) is 45.3 Å². The molecule has 1 saturated carbocycles. The predicted molar refractivity (Wildman–Crippen MR) is 84.5 cm³/mol. The average molecular weight is 286 g/mol. The van der Waals surface area contributed by atoms with Gasteiger partial charge in [0.05, 0.1) is 0 Å². The number of likely N-dealkylation sites (tertiary alicyclic amines) is 1. The molecule has 1 saturated heterocycles. The third-order valence-electron chi connectivity index (χ3n) is 5.10. The van der Waals surface area contributed by atoms with E-state index < -0.39 is 0 Å². The zero-order chi connectivity index (χ0) is 14.7. The lowest BCUT2D eigenvalue weighted by Crippen LogP contribution is -2.54. The van der Waals surface area contributed by atoms with E-state index in [0.717, 1.165) is 18.5 Å². The molecule has 0 aromatic carbocycles. The van der Waals surface area contributed by atoms with Gasteiger partial charge in [-0.2, -0.15) is 0 Å². The van der Waals surface area contributed by atoms with Gasteiger partial charge in [0.2, 0.25) is 0 Å². The van der Waals surface area contributed by atoms with Gasteiger partial charge in [-0.3, -0.25) is 4.79 Å². The first-order chi connectivity index (χ1) is 10.2. The fraction of sp³-hybridized carbons (Fsp3) is 0.667. The molecule has 114 valence electrons. The molecule has 0 unspecified atom stereocenters.